The van der Waals surface area contributed by atoms with E-state index in [0.29, 0.717) is 11.4 Å². The zero-order valence-corrected chi connectivity index (χ0v) is 7.16. The first-order valence-electron chi connectivity index (χ1n) is 3.11. The van der Waals surface area contributed by atoms with Gasteiger partial charge in [0.2, 0.25) is 0 Å². The van der Waals surface area contributed by atoms with Crippen molar-refractivity contribution in [1.82, 2.24) is 0 Å². The lowest BCUT2D eigenvalue weighted by Gasteiger charge is -2.04. The molecule has 1 atom stereocenters. The molecule has 1 rings (SSSR count). The normalized spacial score (nSPS) is 10.7. The minimum Gasteiger partial charge on any atom is -0.495 e. The van der Waals surface area contributed by atoms with Crippen molar-refractivity contribution in [3.8, 4) is 5.75 Å². The van der Waals surface area contributed by atoms with Gasteiger partial charge < -0.3 is 15.4 Å². The van der Waals surface area contributed by atoms with E-state index in [2.05, 4.69) is 0 Å². The van der Waals surface area contributed by atoms with Gasteiger partial charge in [0.1, 0.15) is 5.75 Å². The number of benzene rings is 1. The molecule has 0 aliphatic rings. The molecule has 0 fully saturated rings. The number of methoxy groups -OCH3 is 1. The Kier molecular flexibility index (Phi) is 2.69. The Labute approximate surface area is 67.0 Å². The van der Waals surface area contributed by atoms with Crippen molar-refractivity contribution in [2.75, 3.05) is 12.8 Å². The van der Waals surface area contributed by atoms with Gasteiger partial charge in [0, 0.05) is 14.1 Å². The molecule has 0 bridgehead atoms. The molecule has 60 valence electrons. The highest BCUT2D eigenvalue weighted by Crippen LogP contribution is 2.20. The number of rotatable bonds is 2. The van der Waals surface area contributed by atoms with Crippen LogP contribution in [0.25, 0.3) is 0 Å². The van der Waals surface area contributed by atoms with Crippen LogP contribution in [-0.4, -0.2) is 12.0 Å². The van der Waals surface area contributed by atoms with Crippen LogP contribution in [0.3, 0.4) is 0 Å². The van der Waals surface area contributed by atoms with E-state index >= 15 is 0 Å². The largest absolute Gasteiger partial charge is 0.495 e. The standard InChI is InChI=1S/C7H10NO2P/c1-10-7-4-5(11-9)2-3-6(7)8/h2-4,9,11H,8H2,1H3. The zero-order chi connectivity index (χ0) is 8.27. The van der Waals surface area contributed by atoms with Crippen LogP contribution in [-0.2, 0) is 0 Å². The van der Waals surface area contributed by atoms with Gasteiger partial charge in [0.05, 0.1) is 12.8 Å². The average molecular weight is 171 g/mol. The Morgan fingerprint density at radius 2 is 2.27 bits per heavy atom. The first kappa shape index (κ1) is 8.31. The summed E-state index contributed by atoms with van der Waals surface area (Å²) in [5.41, 5.74) is 6.14. The summed E-state index contributed by atoms with van der Waals surface area (Å²) in [6.45, 7) is 0. The van der Waals surface area contributed by atoms with Crippen molar-refractivity contribution >= 4 is 19.8 Å². The van der Waals surface area contributed by atoms with Gasteiger partial charge in [-0.05, 0) is 12.1 Å². The van der Waals surface area contributed by atoms with E-state index in [1.807, 2.05) is 0 Å². The fraction of sp³-hybridized carbons (Fsp3) is 0.143. The van der Waals surface area contributed by atoms with Gasteiger partial charge in [-0.2, -0.15) is 0 Å². The van der Waals surface area contributed by atoms with Crippen LogP contribution in [0.4, 0.5) is 5.69 Å². The summed E-state index contributed by atoms with van der Waals surface area (Å²) in [5, 5.41) is 0.830. The molecule has 1 aromatic rings. The molecule has 0 amide bonds. The molecule has 0 heterocycles. The summed E-state index contributed by atoms with van der Waals surface area (Å²) >= 11 is 0. The van der Waals surface area contributed by atoms with Crippen LogP contribution in [0.5, 0.6) is 5.75 Å². The summed E-state index contributed by atoms with van der Waals surface area (Å²) in [6, 6.07) is 5.22. The van der Waals surface area contributed by atoms with Crippen molar-refractivity contribution in [3.05, 3.63) is 18.2 Å². The molecule has 0 aliphatic heterocycles. The second kappa shape index (κ2) is 3.56. The Morgan fingerprint density at radius 1 is 1.55 bits per heavy atom. The number of anilines is 1. The van der Waals surface area contributed by atoms with E-state index in [9.17, 15) is 0 Å². The molecule has 1 aromatic carbocycles. The van der Waals surface area contributed by atoms with Crippen molar-refractivity contribution in [2.45, 2.75) is 0 Å². The monoisotopic (exact) mass is 171 g/mol. The Bertz CT molecular complexity index is 252. The Hall–Kier alpha value is -0.790. The first-order valence-corrected chi connectivity index (χ1v) is 4.06. The van der Waals surface area contributed by atoms with E-state index < -0.39 is 0 Å². The Morgan fingerprint density at radius 3 is 2.82 bits per heavy atom. The van der Waals surface area contributed by atoms with E-state index in [1.165, 1.54) is 0 Å². The maximum absolute atomic E-state index is 8.78. The number of nitrogen functional groups attached to an aromatic ring is 1. The van der Waals surface area contributed by atoms with Gasteiger partial charge in [0.15, 0.2) is 0 Å². The molecule has 0 saturated carbocycles. The van der Waals surface area contributed by atoms with Gasteiger partial charge in [-0.3, -0.25) is 0 Å². The summed E-state index contributed by atoms with van der Waals surface area (Å²) in [4.78, 5) is 8.78. The Balaban J connectivity index is 3.02. The molecule has 0 spiro atoms. The van der Waals surface area contributed by atoms with Gasteiger partial charge in [-0.1, -0.05) is 6.07 Å². The van der Waals surface area contributed by atoms with Crippen LogP contribution in [0, 0.1) is 0 Å². The third-order valence-electron chi connectivity index (χ3n) is 1.36. The third-order valence-corrected chi connectivity index (χ3v) is 1.93. The third kappa shape index (κ3) is 1.82. The molecule has 4 heteroatoms. The predicted octanol–water partition coefficient (Wildman–Crippen LogP) is 0.489. The quantitative estimate of drug-likeness (QED) is 0.503. The molecule has 0 aliphatic carbocycles. The highest BCUT2D eigenvalue weighted by Gasteiger charge is 1.98. The number of hydrogen-bond acceptors (Lipinski definition) is 3. The van der Waals surface area contributed by atoms with E-state index in [-0.39, 0.29) is 8.81 Å². The zero-order valence-electron chi connectivity index (χ0n) is 6.16. The van der Waals surface area contributed by atoms with Gasteiger partial charge in [0.25, 0.3) is 0 Å². The molecule has 3 nitrogen and oxygen atoms in total. The summed E-state index contributed by atoms with van der Waals surface area (Å²) in [5.74, 6) is 0.615. The molecule has 0 radical (unpaired) electrons. The maximum Gasteiger partial charge on any atom is 0.142 e. The lowest BCUT2D eigenvalue weighted by molar-refractivity contribution is 0.417. The van der Waals surface area contributed by atoms with Crippen LogP contribution >= 0.6 is 8.81 Å². The van der Waals surface area contributed by atoms with Crippen LogP contribution in [0.15, 0.2) is 18.2 Å². The molecule has 0 saturated heterocycles. The minimum atomic E-state index is -0.210. The molecule has 3 N–H and O–H groups in total. The second-order valence-corrected chi connectivity index (χ2v) is 2.87. The second-order valence-electron chi connectivity index (χ2n) is 2.07. The van der Waals surface area contributed by atoms with Crippen molar-refractivity contribution in [1.29, 1.82) is 0 Å². The smallest absolute Gasteiger partial charge is 0.142 e. The minimum absolute atomic E-state index is 0.210. The van der Waals surface area contributed by atoms with Crippen molar-refractivity contribution < 1.29 is 9.63 Å². The fourth-order valence-corrected chi connectivity index (χ4v) is 1.13. The molecular formula is C7H10NO2P. The average Bonchev–Trinajstić information content (AvgIpc) is 2.05. The van der Waals surface area contributed by atoms with Gasteiger partial charge in [-0.15, -0.1) is 0 Å². The van der Waals surface area contributed by atoms with E-state index in [4.69, 9.17) is 15.4 Å². The van der Waals surface area contributed by atoms with E-state index in [0.717, 1.165) is 5.30 Å². The van der Waals surface area contributed by atoms with Gasteiger partial charge >= 0.3 is 0 Å². The maximum atomic E-state index is 8.78. The van der Waals surface area contributed by atoms with Crippen molar-refractivity contribution in [3.63, 3.8) is 0 Å². The molecule has 1 unspecified atom stereocenters. The lowest BCUT2D eigenvalue weighted by Crippen LogP contribution is -1.98. The van der Waals surface area contributed by atoms with Crippen molar-refractivity contribution in [2.24, 2.45) is 0 Å². The van der Waals surface area contributed by atoms with Crippen LogP contribution < -0.4 is 15.8 Å². The number of ether oxygens (including phenoxy) is 1. The molecule has 0 aromatic heterocycles. The topological polar surface area (TPSA) is 55.5 Å². The number of nitrogens with two attached hydrogens (primary N) is 1. The first-order chi connectivity index (χ1) is 5.27. The highest BCUT2D eigenvalue weighted by atomic mass is 31.1. The SMILES string of the molecule is COc1cc(PO)ccc1N. The fourth-order valence-electron chi connectivity index (χ4n) is 0.781. The van der Waals surface area contributed by atoms with Crippen LogP contribution in [0.1, 0.15) is 0 Å². The highest BCUT2D eigenvalue weighted by molar-refractivity contribution is 7.40. The van der Waals surface area contributed by atoms with Gasteiger partial charge in [-0.25, -0.2) is 0 Å². The van der Waals surface area contributed by atoms with E-state index in [1.54, 1.807) is 25.3 Å². The molecular weight excluding hydrogens is 161 g/mol. The molecule has 11 heavy (non-hydrogen) atoms. The lowest BCUT2D eigenvalue weighted by atomic mass is 10.3. The predicted molar refractivity (Wildman–Crippen MR) is 47.6 cm³/mol. The summed E-state index contributed by atoms with van der Waals surface area (Å²) in [7, 11) is 1.34. The summed E-state index contributed by atoms with van der Waals surface area (Å²) in [6.07, 6.45) is 0. The number of hydrogen-bond donors (Lipinski definition) is 2. The summed E-state index contributed by atoms with van der Waals surface area (Å²) < 4.78 is 4.96. The van der Waals surface area contributed by atoms with Crippen LogP contribution in [0.2, 0.25) is 0 Å².